The molecule has 1 atom stereocenters. The van der Waals surface area contributed by atoms with Crippen LogP contribution >= 0.6 is 0 Å². The Bertz CT molecular complexity index is 387. The number of carbonyl (C=O) groups is 1. The Hall–Kier alpha value is -1.49. The van der Waals surface area contributed by atoms with E-state index >= 15 is 0 Å². The van der Waals surface area contributed by atoms with E-state index in [0.717, 1.165) is 0 Å². The predicted molar refractivity (Wildman–Crippen MR) is 60.3 cm³/mol. The predicted octanol–water partition coefficient (Wildman–Crippen LogP) is 1.53. The van der Waals surface area contributed by atoms with Crippen LogP contribution in [0.3, 0.4) is 0 Å². The van der Waals surface area contributed by atoms with Gasteiger partial charge in [0.25, 0.3) is 0 Å². The summed E-state index contributed by atoms with van der Waals surface area (Å²) in [6.07, 6.45) is 0. The summed E-state index contributed by atoms with van der Waals surface area (Å²) in [5.41, 5.74) is 5.40. The molecule has 1 heterocycles. The minimum atomic E-state index is -0.669. The second kappa shape index (κ2) is 4.57. The molecule has 0 radical (unpaired) electrons. The minimum absolute atomic E-state index is 0.171. The van der Waals surface area contributed by atoms with Gasteiger partial charge in [0.05, 0.1) is 6.04 Å². The number of nitrogens with one attached hydrogen (secondary N) is 1. The molecule has 0 bridgehead atoms. The molecule has 1 aromatic heterocycles. The highest BCUT2D eigenvalue weighted by molar-refractivity contribution is 5.94. The number of carbonyl (C=O) groups excluding carboxylic acids is 1. The SMILES string of the molecule is CC(C)(C)[C@@H](N)C(=O)Nc1cccc(F)n1. The van der Waals surface area contributed by atoms with Gasteiger partial charge in [0.1, 0.15) is 5.82 Å². The zero-order valence-electron chi connectivity index (χ0n) is 9.62. The van der Waals surface area contributed by atoms with Gasteiger partial charge < -0.3 is 11.1 Å². The monoisotopic (exact) mass is 225 g/mol. The molecule has 16 heavy (non-hydrogen) atoms. The topological polar surface area (TPSA) is 68.0 Å². The molecule has 0 aliphatic carbocycles. The van der Waals surface area contributed by atoms with Crippen molar-refractivity contribution in [3.05, 3.63) is 24.1 Å². The van der Waals surface area contributed by atoms with Gasteiger partial charge in [-0.25, -0.2) is 4.98 Å². The summed E-state index contributed by atoms with van der Waals surface area (Å²) in [6.45, 7) is 5.57. The van der Waals surface area contributed by atoms with E-state index in [4.69, 9.17) is 5.73 Å². The van der Waals surface area contributed by atoms with Crippen LogP contribution in [0.25, 0.3) is 0 Å². The van der Waals surface area contributed by atoms with E-state index in [1.807, 2.05) is 20.8 Å². The van der Waals surface area contributed by atoms with Crippen molar-refractivity contribution in [1.82, 2.24) is 4.98 Å². The van der Waals surface area contributed by atoms with Crippen molar-refractivity contribution in [3.63, 3.8) is 0 Å². The average Bonchev–Trinajstić information content (AvgIpc) is 2.15. The highest BCUT2D eigenvalue weighted by Crippen LogP contribution is 2.18. The minimum Gasteiger partial charge on any atom is -0.319 e. The molecule has 1 amide bonds. The lowest BCUT2D eigenvalue weighted by Crippen LogP contribution is -2.45. The summed E-state index contributed by atoms with van der Waals surface area (Å²) >= 11 is 0. The third-order valence-electron chi connectivity index (χ3n) is 2.18. The lowest BCUT2D eigenvalue weighted by molar-refractivity contribution is -0.119. The molecular weight excluding hydrogens is 209 g/mol. The number of anilines is 1. The second-order valence-corrected chi connectivity index (χ2v) is 4.68. The Labute approximate surface area is 94.1 Å². The molecule has 0 aromatic carbocycles. The van der Waals surface area contributed by atoms with Crippen molar-refractivity contribution in [2.45, 2.75) is 26.8 Å². The lowest BCUT2D eigenvalue weighted by Gasteiger charge is -2.25. The van der Waals surface area contributed by atoms with E-state index in [1.165, 1.54) is 18.2 Å². The van der Waals surface area contributed by atoms with Gasteiger partial charge in [-0.15, -0.1) is 0 Å². The van der Waals surface area contributed by atoms with Crippen molar-refractivity contribution in [2.24, 2.45) is 11.1 Å². The molecule has 0 spiro atoms. The molecule has 0 aliphatic rings. The van der Waals surface area contributed by atoms with Crippen LogP contribution < -0.4 is 11.1 Å². The quantitative estimate of drug-likeness (QED) is 0.750. The summed E-state index contributed by atoms with van der Waals surface area (Å²) in [5.74, 6) is -0.836. The maximum atomic E-state index is 12.8. The van der Waals surface area contributed by atoms with Gasteiger partial charge in [-0.05, 0) is 17.5 Å². The lowest BCUT2D eigenvalue weighted by atomic mass is 9.87. The van der Waals surface area contributed by atoms with Crippen LogP contribution in [-0.2, 0) is 4.79 Å². The number of hydrogen-bond acceptors (Lipinski definition) is 3. The van der Waals surface area contributed by atoms with Crippen LogP contribution in [0.1, 0.15) is 20.8 Å². The molecule has 1 aromatic rings. The summed E-state index contributed by atoms with van der Waals surface area (Å²) in [7, 11) is 0. The third-order valence-corrected chi connectivity index (χ3v) is 2.18. The molecule has 0 unspecified atom stereocenters. The number of hydrogen-bond donors (Lipinski definition) is 2. The van der Waals surface area contributed by atoms with Crippen molar-refractivity contribution in [3.8, 4) is 0 Å². The van der Waals surface area contributed by atoms with Gasteiger partial charge in [0, 0.05) is 0 Å². The first-order valence-corrected chi connectivity index (χ1v) is 5.00. The number of rotatable bonds is 2. The number of amides is 1. The van der Waals surface area contributed by atoms with Gasteiger partial charge in [0.15, 0.2) is 0 Å². The van der Waals surface area contributed by atoms with E-state index in [1.54, 1.807) is 0 Å². The number of nitrogens with zero attached hydrogens (tertiary/aromatic N) is 1. The van der Waals surface area contributed by atoms with Crippen LogP contribution in [0.2, 0.25) is 0 Å². The molecule has 1 rings (SSSR count). The maximum Gasteiger partial charge on any atom is 0.242 e. The Balaban J connectivity index is 2.72. The highest BCUT2D eigenvalue weighted by Gasteiger charge is 2.27. The molecule has 5 heteroatoms. The average molecular weight is 225 g/mol. The Morgan fingerprint density at radius 1 is 1.50 bits per heavy atom. The zero-order valence-corrected chi connectivity index (χ0v) is 9.62. The number of nitrogens with two attached hydrogens (primary N) is 1. The summed E-state index contributed by atoms with van der Waals surface area (Å²) in [6, 6.07) is 3.52. The molecular formula is C11H16FN3O. The fourth-order valence-corrected chi connectivity index (χ4v) is 1.08. The van der Waals surface area contributed by atoms with Gasteiger partial charge in [0.2, 0.25) is 11.9 Å². The van der Waals surface area contributed by atoms with E-state index in [2.05, 4.69) is 10.3 Å². The molecule has 0 aliphatic heterocycles. The Morgan fingerprint density at radius 2 is 2.12 bits per heavy atom. The Morgan fingerprint density at radius 3 is 2.62 bits per heavy atom. The fourth-order valence-electron chi connectivity index (χ4n) is 1.08. The largest absolute Gasteiger partial charge is 0.319 e. The smallest absolute Gasteiger partial charge is 0.242 e. The molecule has 88 valence electrons. The van der Waals surface area contributed by atoms with Crippen LogP contribution in [0.5, 0.6) is 0 Å². The van der Waals surface area contributed by atoms with Crippen LogP contribution in [0.4, 0.5) is 10.2 Å². The summed E-state index contributed by atoms with van der Waals surface area (Å²) < 4.78 is 12.8. The molecule has 0 saturated carbocycles. The van der Waals surface area contributed by atoms with Gasteiger partial charge in [-0.2, -0.15) is 4.39 Å². The standard InChI is InChI=1S/C11H16FN3O/c1-11(2,3)9(13)10(16)15-8-6-4-5-7(12)14-8/h4-6,9H,13H2,1-3H3,(H,14,15,16)/t9-/m0/s1. The van der Waals surface area contributed by atoms with E-state index < -0.39 is 12.0 Å². The van der Waals surface area contributed by atoms with Gasteiger partial charge in [-0.1, -0.05) is 26.8 Å². The number of halogens is 1. The number of pyridine rings is 1. The third kappa shape index (κ3) is 3.27. The van der Waals surface area contributed by atoms with Crippen LogP contribution in [-0.4, -0.2) is 16.9 Å². The highest BCUT2D eigenvalue weighted by atomic mass is 19.1. The summed E-state index contributed by atoms with van der Waals surface area (Å²) in [4.78, 5) is 15.2. The van der Waals surface area contributed by atoms with Crippen molar-refractivity contribution < 1.29 is 9.18 Å². The Kier molecular flexibility index (Phi) is 3.59. The second-order valence-electron chi connectivity index (χ2n) is 4.68. The fraction of sp³-hybridized carbons (Fsp3) is 0.455. The first kappa shape index (κ1) is 12.6. The first-order chi connectivity index (χ1) is 7.30. The molecule has 0 fully saturated rings. The maximum absolute atomic E-state index is 12.8. The summed E-state index contributed by atoms with van der Waals surface area (Å²) in [5, 5.41) is 2.47. The van der Waals surface area contributed by atoms with Gasteiger partial charge >= 0.3 is 0 Å². The van der Waals surface area contributed by atoms with Gasteiger partial charge in [-0.3, -0.25) is 4.79 Å². The van der Waals surface area contributed by atoms with Crippen LogP contribution in [0.15, 0.2) is 18.2 Å². The zero-order chi connectivity index (χ0) is 12.3. The van der Waals surface area contributed by atoms with Crippen molar-refractivity contribution in [1.29, 1.82) is 0 Å². The van der Waals surface area contributed by atoms with Crippen molar-refractivity contribution >= 4 is 11.7 Å². The van der Waals surface area contributed by atoms with Crippen molar-refractivity contribution in [2.75, 3.05) is 5.32 Å². The first-order valence-electron chi connectivity index (χ1n) is 5.00. The van der Waals surface area contributed by atoms with E-state index in [9.17, 15) is 9.18 Å². The van der Waals surface area contributed by atoms with E-state index in [0.29, 0.717) is 0 Å². The molecule has 4 nitrogen and oxygen atoms in total. The van der Waals surface area contributed by atoms with Crippen LogP contribution in [0, 0.1) is 11.4 Å². The molecule has 0 saturated heterocycles. The normalized spacial score (nSPS) is 13.3. The van der Waals surface area contributed by atoms with E-state index in [-0.39, 0.29) is 17.1 Å². The molecule has 3 N–H and O–H groups in total. The number of aromatic nitrogens is 1.